The molecule has 0 unspecified atom stereocenters. The van der Waals surface area contributed by atoms with Gasteiger partial charge in [-0.1, -0.05) is 33.4 Å². The van der Waals surface area contributed by atoms with E-state index in [0.717, 1.165) is 12.0 Å². The first kappa shape index (κ1) is 11.2. The lowest BCUT2D eigenvalue weighted by Gasteiger charge is -2.04. The van der Waals surface area contributed by atoms with Gasteiger partial charge in [-0.3, -0.25) is 0 Å². The SMILES string of the molecule is C=C/C(=C\C(F)=C/CC)C(C)C. The summed E-state index contributed by atoms with van der Waals surface area (Å²) in [6.45, 7) is 9.59. The molecule has 0 aromatic heterocycles. The van der Waals surface area contributed by atoms with Crippen LogP contribution in [0.5, 0.6) is 0 Å². The molecule has 0 aliphatic carbocycles. The average Bonchev–Trinajstić information content (AvgIpc) is 2.00. The second-order valence-electron chi connectivity index (χ2n) is 3.00. The molecule has 0 aromatic rings. The molecule has 0 aliphatic heterocycles. The zero-order chi connectivity index (χ0) is 9.56. The van der Waals surface area contributed by atoms with Gasteiger partial charge in [-0.05, 0) is 30.1 Å². The van der Waals surface area contributed by atoms with Crippen LogP contribution < -0.4 is 0 Å². The Morgan fingerprint density at radius 3 is 2.42 bits per heavy atom. The van der Waals surface area contributed by atoms with Gasteiger partial charge in [0, 0.05) is 0 Å². The van der Waals surface area contributed by atoms with Crippen LogP contribution in [-0.2, 0) is 0 Å². The summed E-state index contributed by atoms with van der Waals surface area (Å²) in [5, 5.41) is 0. The normalized spacial score (nSPS) is 13.8. The molecule has 0 nitrogen and oxygen atoms in total. The van der Waals surface area contributed by atoms with Gasteiger partial charge in [-0.25, -0.2) is 4.39 Å². The third kappa shape index (κ3) is 4.12. The first-order chi connectivity index (χ1) is 5.61. The Kier molecular flexibility index (Phi) is 5.35. The van der Waals surface area contributed by atoms with E-state index in [2.05, 4.69) is 6.58 Å². The average molecular weight is 168 g/mol. The minimum atomic E-state index is -0.166. The Morgan fingerprint density at radius 2 is 2.08 bits per heavy atom. The van der Waals surface area contributed by atoms with Crippen molar-refractivity contribution in [2.24, 2.45) is 5.92 Å². The summed E-state index contributed by atoms with van der Waals surface area (Å²) in [4.78, 5) is 0. The molecule has 68 valence electrons. The molecule has 0 saturated carbocycles. The summed E-state index contributed by atoms with van der Waals surface area (Å²) in [7, 11) is 0. The van der Waals surface area contributed by atoms with Gasteiger partial charge in [-0.2, -0.15) is 0 Å². The van der Waals surface area contributed by atoms with Gasteiger partial charge in [-0.15, -0.1) is 0 Å². The lowest BCUT2D eigenvalue weighted by Crippen LogP contribution is -1.89. The fourth-order valence-electron chi connectivity index (χ4n) is 0.874. The second kappa shape index (κ2) is 5.76. The van der Waals surface area contributed by atoms with Crippen molar-refractivity contribution in [1.29, 1.82) is 0 Å². The first-order valence-electron chi connectivity index (χ1n) is 4.31. The zero-order valence-corrected chi connectivity index (χ0v) is 8.10. The van der Waals surface area contributed by atoms with Crippen molar-refractivity contribution >= 4 is 0 Å². The number of halogens is 1. The Hall–Kier alpha value is -0.850. The quantitative estimate of drug-likeness (QED) is 0.556. The van der Waals surface area contributed by atoms with Crippen molar-refractivity contribution < 1.29 is 4.39 Å². The minimum Gasteiger partial charge on any atom is -0.207 e. The standard InChI is InChI=1S/C11H17F/c1-5-7-11(12)8-10(6-2)9(3)4/h6-9H,2,5H2,1,3-4H3/b10-8+,11-7+. The Bertz CT molecular complexity index is 197. The van der Waals surface area contributed by atoms with Crippen LogP contribution in [0.1, 0.15) is 27.2 Å². The Balaban J connectivity index is 4.48. The van der Waals surface area contributed by atoms with Gasteiger partial charge in [0.15, 0.2) is 0 Å². The molecule has 0 radical (unpaired) electrons. The van der Waals surface area contributed by atoms with Crippen LogP contribution in [0, 0.1) is 5.92 Å². The Morgan fingerprint density at radius 1 is 1.50 bits per heavy atom. The lowest BCUT2D eigenvalue weighted by molar-refractivity contribution is 0.654. The van der Waals surface area contributed by atoms with Crippen LogP contribution in [0.3, 0.4) is 0 Å². The number of hydrogen-bond acceptors (Lipinski definition) is 0. The van der Waals surface area contributed by atoms with Crippen molar-refractivity contribution in [3.63, 3.8) is 0 Å². The predicted molar refractivity (Wildman–Crippen MR) is 52.6 cm³/mol. The molecule has 0 rings (SSSR count). The van der Waals surface area contributed by atoms with Crippen LogP contribution in [0.2, 0.25) is 0 Å². The molecule has 0 amide bonds. The van der Waals surface area contributed by atoms with Crippen molar-refractivity contribution in [2.45, 2.75) is 27.2 Å². The van der Waals surface area contributed by atoms with Crippen LogP contribution in [0.25, 0.3) is 0 Å². The second-order valence-corrected chi connectivity index (χ2v) is 3.00. The fourth-order valence-corrected chi connectivity index (χ4v) is 0.874. The third-order valence-electron chi connectivity index (χ3n) is 1.61. The summed E-state index contributed by atoms with van der Waals surface area (Å²) in [6.07, 6.45) is 5.53. The number of allylic oxidation sites excluding steroid dienone is 5. The molecule has 0 spiro atoms. The van der Waals surface area contributed by atoms with Crippen LogP contribution >= 0.6 is 0 Å². The van der Waals surface area contributed by atoms with Crippen molar-refractivity contribution in [3.8, 4) is 0 Å². The maximum absolute atomic E-state index is 12.9. The summed E-state index contributed by atoms with van der Waals surface area (Å²) >= 11 is 0. The predicted octanol–water partition coefficient (Wildman–Crippen LogP) is 4.02. The third-order valence-corrected chi connectivity index (χ3v) is 1.61. The zero-order valence-electron chi connectivity index (χ0n) is 8.10. The molecule has 0 heterocycles. The number of rotatable bonds is 4. The first-order valence-corrected chi connectivity index (χ1v) is 4.31. The van der Waals surface area contributed by atoms with Gasteiger partial charge in [0.25, 0.3) is 0 Å². The van der Waals surface area contributed by atoms with Crippen LogP contribution in [-0.4, -0.2) is 0 Å². The highest BCUT2D eigenvalue weighted by Crippen LogP contribution is 2.14. The lowest BCUT2D eigenvalue weighted by atomic mass is 10.0. The maximum atomic E-state index is 12.9. The molecule has 1 heteroatoms. The van der Waals surface area contributed by atoms with E-state index < -0.39 is 0 Å². The molecule has 0 fully saturated rings. The summed E-state index contributed by atoms with van der Waals surface area (Å²) in [5.74, 6) is 0.166. The molecule has 0 N–H and O–H groups in total. The van der Waals surface area contributed by atoms with Crippen molar-refractivity contribution in [1.82, 2.24) is 0 Å². The molecule has 0 aliphatic rings. The largest absolute Gasteiger partial charge is 0.207 e. The minimum absolute atomic E-state index is 0.166. The van der Waals surface area contributed by atoms with Gasteiger partial charge in [0.05, 0.1) is 0 Å². The van der Waals surface area contributed by atoms with E-state index in [9.17, 15) is 4.39 Å². The molecule has 0 aromatic carbocycles. The highest BCUT2D eigenvalue weighted by Gasteiger charge is 1.98. The van der Waals surface area contributed by atoms with Crippen molar-refractivity contribution in [3.05, 3.63) is 36.2 Å². The van der Waals surface area contributed by atoms with Gasteiger partial charge >= 0.3 is 0 Å². The van der Waals surface area contributed by atoms with Crippen LogP contribution in [0.4, 0.5) is 4.39 Å². The summed E-state index contributed by atoms with van der Waals surface area (Å²) in [6, 6.07) is 0. The molecule has 12 heavy (non-hydrogen) atoms. The topological polar surface area (TPSA) is 0 Å². The fraction of sp³-hybridized carbons (Fsp3) is 0.455. The van der Waals surface area contributed by atoms with E-state index >= 15 is 0 Å². The van der Waals surface area contributed by atoms with Gasteiger partial charge < -0.3 is 0 Å². The molecule has 0 bridgehead atoms. The summed E-state index contributed by atoms with van der Waals surface area (Å²) < 4.78 is 12.9. The highest BCUT2D eigenvalue weighted by molar-refractivity contribution is 5.26. The van der Waals surface area contributed by atoms with E-state index in [4.69, 9.17) is 0 Å². The van der Waals surface area contributed by atoms with E-state index in [1.54, 1.807) is 18.2 Å². The van der Waals surface area contributed by atoms with E-state index in [0.29, 0.717) is 5.92 Å². The maximum Gasteiger partial charge on any atom is 0.119 e. The molecule has 0 atom stereocenters. The highest BCUT2D eigenvalue weighted by atomic mass is 19.1. The van der Waals surface area contributed by atoms with Gasteiger partial charge in [0.1, 0.15) is 5.83 Å². The van der Waals surface area contributed by atoms with E-state index in [-0.39, 0.29) is 5.83 Å². The van der Waals surface area contributed by atoms with E-state index in [1.807, 2.05) is 20.8 Å². The smallest absolute Gasteiger partial charge is 0.119 e. The molecular weight excluding hydrogens is 151 g/mol. The summed E-state index contributed by atoms with van der Waals surface area (Å²) in [5.41, 5.74) is 0.942. The van der Waals surface area contributed by atoms with Crippen molar-refractivity contribution in [2.75, 3.05) is 0 Å². The van der Waals surface area contributed by atoms with Gasteiger partial charge in [0.2, 0.25) is 0 Å². The monoisotopic (exact) mass is 168 g/mol. The number of hydrogen-bond donors (Lipinski definition) is 0. The molecular formula is C11H17F. The molecule has 0 saturated heterocycles. The van der Waals surface area contributed by atoms with E-state index in [1.165, 1.54) is 0 Å². The van der Waals surface area contributed by atoms with Crippen LogP contribution in [0.15, 0.2) is 36.2 Å². The Labute approximate surface area is 74.5 Å².